The Morgan fingerprint density at radius 2 is 1.71 bits per heavy atom. The highest BCUT2D eigenvalue weighted by atomic mass is 32.2. The van der Waals surface area contributed by atoms with Crippen molar-refractivity contribution in [3.63, 3.8) is 0 Å². The minimum atomic E-state index is -3.40. The van der Waals surface area contributed by atoms with Gasteiger partial charge in [-0.3, -0.25) is 0 Å². The molecule has 0 aliphatic carbocycles. The molecule has 0 saturated carbocycles. The van der Waals surface area contributed by atoms with Crippen molar-refractivity contribution in [3.05, 3.63) is 65.7 Å². The summed E-state index contributed by atoms with van der Waals surface area (Å²) in [7, 11) is -3.40. The third kappa shape index (κ3) is 3.87. The maximum Gasteiger partial charge on any atom is 0.243 e. The number of sulfonamides is 1. The molecule has 24 heavy (non-hydrogen) atoms. The van der Waals surface area contributed by atoms with Crippen molar-refractivity contribution in [2.45, 2.75) is 50.0 Å². The van der Waals surface area contributed by atoms with Gasteiger partial charge in [-0.2, -0.15) is 4.31 Å². The molecule has 1 atom stereocenters. The standard InChI is InChI=1S/C20H25NO2S/c1-17-10-14-20(15-11-17)24(22,23)21-16-6-5-9-19(21)13-12-18-7-3-2-4-8-18/h2-4,7-8,10-11,14-15,19H,5-6,9,12-13,16H2,1H3. The lowest BCUT2D eigenvalue weighted by Crippen LogP contribution is -2.43. The van der Waals surface area contributed by atoms with E-state index in [1.54, 1.807) is 16.4 Å². The van der Waals surface area contributed by atoms with Crippen LogP contribution in [0.15, 0.2) is 59.5 Å². The Morgan fingerprint density at radius 1 is 1.00 bits per heavy atom. The molecule has 1 fully saturated rings. The van der Waals surface area contributed by atoms with Crippen molar-refractivity contribution in [2.24, 2.45) is 0 Å². The molecule has 1 aliphatic heterocycles. The fraction of sp³-hybridized carbons (Fsp3) is 0.400. The zero-order valence-corrected chi connectivity index (χ0v) is 15.0. The molecule has 3 nitrogen and oxygen atoms in total. The van der Waals surface area contributed by atoms with E-state index in [4.69, 9.17) is 0 Å². The van der Waals surface area contributed by atoms with Crippen LogP contribution in [0, 0.1) is 6.92 Å². The van der Waals surface area contributed by atoms with Crippen LogP contribution < -0.4 is 0 Å². The molecule has 0 aromatic heterocycles. The summed E-state index contributed by atoms with van der Waals surface area (Å²) in [5, 5.41) is 0. The summed E-state index contributed by atoms with van der Waals surface area (Å²) >= 11 is 0. The van der Waals surface area contributed by atoms with Crippen LogP contribution in [0.4, 0.5) is 0 Å². The van der Waals surface area contributed by atoms with Crippen LogP contribution in [-0.4, -0.2) is 25.3 Å². The zero-order chi connectivity index (χ0) is 17.0. The van der Waals surface area contributed by atoms with E-state index in [0.717, 1.165) is 37.7 Å². The van der Waals surface area contributed by atoms with Crippen LogP contribution in [0.25, 0.3) is 0 Å². The first-order valence-corrected chi connectivity index (χ1v) is 10.1. The fourth-order valence-corrected chi connectivity index (χ4v) is 5.13. The Labute approximate surface area is 145 Å². The summed E-state index contributed by atoms with van der Waals surface area (Å²) in [4.78, 5) is 0.416. The van der Waals surface area contributed by atoms with Gasteiger partial charge in [0.2, 0.25) is 10.0 Å². The molecule has 1 unspecified atom stereocenters. The highest BCUT2D eigenvalue weighted by Crippen LogP contribution is 2.28. The first kappa shape index (κ1) is 17.2. The van der Waals surface area contributed by atoms with Crippen molar-refractivity contribution < 1.29 is 8.42 Å². The lowest BCUT2D eigenvalue weighted by Gasteiger charge is -2.34. The van der Waals surface area contributed by atoms with Gasteiger partial charge in [0.15, 0.2) is 0 Å². The second-order valence-electron chi connectivity index (χ2n) is 6.60. The van der Waals surface area contributed by atoms with Gasteiger partial charge in [-0.15, -0.1) is 0 Å². The smallest absolute Gasteiger partial charge is 0.207 e. The van der Waals surface area contributed by atoms with E-state index in [0.29, 0.717) is 11.4 Å². The number of piperidine rings is 1. The lowest BCUT2D eigenvalue weighted by molar-refractivity contribution is 0.241. The molecule has 0 amide bonds. The third-order valence-corrected chi connectivity index (χ3v) is 6.78. The van der Waals surface area contributed by atoms with Gasteiger partial charge in [0.1, 0.15) is 0 Å². The van der Waals surface area contributed by atoms with E-state index >= 15 is 0 Å². The van der Waals surface area contributed by atoms with E-state index in [9.17, 15) is 8.42 Å². The van der Waals surface area contributed by atoms with Crippen molar-refractivity contribution >= 4 is 10.0 Å². The van der Waals surface area contributed by atoms with Gasteiger partial charge in [0.25, 0.3) is 0 Å². The molecule has 0 spiro atoms. The lowest BCUT2D eigenvalue weighted by atomic mass is 9.98. The predicted octanol–water partition coefficient (Wildman–Crippen LogP) is 4.17. The molecule has 1 heterocycles. The average Bonchev–Trinajstić information content (AvgIpc) is 2.61. The number of benzene rings is 2. The van der Waals surface area contributed by atoms with Crippen LogP contribution in [0.1, 0.15) is 36.8 Å². The Bertz CT molecular complexity index is 754. The summed E-state index contributed by atoms with van der Waals surface area (Å²) in [6.45, 7) is 2.61. The maximum atomic E-state index is 13.0. The van der Waals surface area contributed by atoms with Crippen molar-refractivity contribution in [2.75, 3.05) is 6.54 Å². The van der Waals surface area contributed by atoms with Crippen LogP contribution in [0.5, 0.6) is 0 Å². The molecule has 4 heteroatoms. The third-order valence-electron chi connectivity index (χ3n) is 4.81. The molecule has 0 N–H and O–H groups in total. The van der Waals surface area contributed by atoms with Gasteiger partial charge in [0.05, 0.1) is 4.90 Å². The Hall–Kier alpha value is -1.65. The van der Waals surface area contributed by atoms with E-state index in [2.05, 4.69) is 12.1 Å². The topological polar surface area (TPSA) is 37.4 Å². The number of aryl methyl sites for hydroxylation is 2. The quantitative estimate of drug-likeness (QED) is 0.817. The van der Waals surface area contributed by atoms with Crippen LogP contribution in [-0.2, 0) is 16.4 Å². The minimum Gasteiger partial charge on any atom is -0.207 e. The van der Waals surface area contributed by atoms with Gasteiger partial charge < -0.3 is 0 Å². The minimum absolute atomic E-state index is 0.102. The predicted molar refractivity (Wildman–Crippen MR) is 97.5 cm³/mol. The van der Waals surface area contributed by atoms with Gasteiger partial charge >= 0.3 is 0 Å². The summed E-state index contributed by atoms with van der Waals surface area (Å²) in [6, 6.07) is 17.6. The van der Waals surface area contributed by atoms with Gasteiger partial charge in [-0.05, 0) is 50.3 Å². The first-order chi connectivity index (χ1) is 11.6. The summed E-state index contributed by atoms with van der Waals surface area (Å²) in [5.41, 5.74) is 2.35. The first-order valence-electron chi connectivity index (χ1n) is 8.70. The number of rotatable bonds is 5. The highest BCUT2D eigenvalue weighted by Gasteiger charge is 2.33. The molecule has 2 aromatic carbocycles. The van der Waals surface area contributed by atoms with E-state index < -0.39 is 10.0 Å². The monoisotopic (exact) mass is 343 g/mol. The van der Waals surface area contributed by atoms with E-state index in [-0.39, 0.29) is 6.04 Å². The number of nitrogens with zero attached hydrogens (tertiary/aromatic N) is 1. The van der Waals surface area contributed by atoms with Crippen LogP contribution in [0.2, 0.25) is 0 Å². The molecule has 0 bridgehead atoms. The number of hydrogen-bond acceptors (Lipinski definition) is 2. The normalized spacial score (nSPS) is 19.3. The second kappa shape index (κ2) is 7.49. The second-order valence-corrected chi connectivity index (χ2v) is 8.49. The molecular weight excluding hydrogens is 318 g/mol. The van der Waals surface area contributed by atoms with Crippen molar-refractivity contribution in [1.29, 1.82) is 0 Å². The average molecular weight is 343 g/mol. The molecule has 128 valence electrons. The Balaban J connectivity index is 1.77. The summed E-state index contributed by atoms with van der Waals surface area (Å²) in [5.74, 6) is 0. The molecule has 2 aromatic rings. The largest absolute Gasteiger partial charge is 0.243 e. The zero-order valence-electron chi connectivity index (χ0n) is 14.2. The van der Waals surface area contributed by atoms with Gasteiger partial charge in [-0.25, -0.2) is 8.42 Å². The van der Waals surface area contributed by atoms with E-state index in [1.165, 1.54) is 5.56 Å². The maximum absolute atomic E-state index is 13.0. The van der Waals surface area contributed by atoms with Crippen LogP contribution in [0.3, 0.4) is 0 Å². The fourth-order valence-electron chi connectivity index (χ4n) is 3.40. The number of hydrogen-bond donors (Lipinski definition) is 0. The van der Waals surface area contributed by atoms with Crippen molar-refractivity contribution in [1.82, 2.24) is 4.31 Å². The molecule has 1 saturated heterocycles. The SMILES string of the molecule is Cc1ccc(S(=O)(=O)N2CCCCC2CCc2ccccc2)cc1. The molecular formula is C20H25NO2S. The summed E-state index contributed by atoms with van der Waals surface area (Å²) in [6.07, 6.45) is 4.82. The molecule has 3 rings (SSSR count). The molecule has 1 aliphatic rings. The Kier molecular flexibility index (Phi) is 5.36. The summed E-state index contributed by atoms with van der Waals surface area (Å²) < 4.78 is 27.8. The Morgan fingerprint density at radius 3 is 2.42 bits per heavy atom. The van der Waals surface area contributed by atoms with Crippen molar-refractivity contribution in [3.8, 4) is 0 Å². The van der Waals surface area contributed by atoms with Gasteiger partial charge in [0, 0.05) is 12.6 Å². The molecule has 0 radical (unpaired) electrons. The van der Waals surface area contributed by atoms with Gasteiger partial charge in [-0.1, -0.05) is 54.4 Å². The highest BCUT2D eigenvalue weighted by molar-refractivity contribution is 7.89. The van der Waals surface area contributed by atoms with Crippen LogP contribution >= 0.6 is 0 Å². The van der Waals surface area contributed by atoms with E-state index in [1.807, 2.05) is 37.3 Å².